The second-order valence-corrected chi connectivity index (χ2v) is 5.21. The summed E-state index contributed by atoms with van der Waals surface area (Å²) in [6.45, 7) is 0. The van der Waals surface area contributed by atoms with Crippen molar-refractivity contribution in [1.29, 1.82) is 5.26 Å². The fourth-order valence-electron chi connectivity index (χ4n) is 1.77. The Labute approximate surface area is 124 Å². The summed E-state index contributed by atoms with van der Waals surface area (Å²) in [7, 11) is 0. The first kappa shape index (κ1) is 13.2. The molecule has 0 aliphatic carbocycles. The van der Waals surface area contributed by atoms with E-state index in [0.29, 0.717) is 10.7 Å². The highest BCUT2D eigenvalue weighted by Crippen LogP contribution is 2.22. The van der Waals surface area contributed by atoms with E-state index in [2.05, 4.69) is 15.5 Å². The number of hydrogen-bond donors (Lipinski definition) is 1. The van der Waals surface area contributed by atoms with E-state index in [1.54, 1.807) is 12.1 Å². The van der Waals surface area contributed by atoms with Crippen LogP contribution >= 0.6 is 11.3 Å². The molecule has 21 heavy (non-hydrogen) atoms. The van der Waals surface area contributed by atoms with Gasteiger partial charge in [-0.25, -0.2) is 9.37 Å². The number of thiazole rings is 1. The van der Waals surface area contributed by atoms with E-state index in [1.165, 1.54) is 23.5 Å². The number of anilines is 1. The molecule has 0 spiro atoms. The molecule has 102 valence electrons. The predicted octanol–water partition coefficient (Wildman–Crippen LogP) is 3.78. The molecule has 1 aromatic heterocycles. The highest BCUT2D eigenvalue weighted by Gasteiger charge is 2.09. The summed E-state index contributed by atoms with van der Waals surface area (Å²) in [5, 5.41) is 13.7. The molecule has 1 heterocycles. The normalized spacial score (nSPS) is 11.3. The molecule has 3 rings (SSSR count). The van der Waals surface area contributed by atoms with E-state index >= 15 is 0 Å². The second-order valence-electron chi connectivity index (χ2n) is 4.18. The van der Waals surface area contributed by atoms with Crippen LogP contribution in [0.2, 0.25) is 0 Å². The first-order chi connectivity index (χ1) is 10.3. The topological polar surface area (TPSA) is 61.1 Å². The fraction of sp³-hybridized carbons (Fsp3) is 0. The Morgan fingerprint density at radius 3 is 2.86 bits per heavy atom. The van der Waals surface area contributed by atoms with E-state index in [4.69, 9.17) is 0 Å². The van der Waals surface area contributed by atoms with E-state index in [-0.39, 0.29) is 11.5 Å². The predicted molar refractivity (Wildman–Crippen MR) is 81.8 cm³/mol. The lowest BCUT2D eigenvalue weighted by molar-refractivity contribution is 0.628. The van der Waals surface area contributed by atoms with Crippen LogP contribution in [-0.2, 0) is 0 Å². The minimum atomic E-state index is -0.367. The van der Waals surface area contributed by atoms with Crippen LogP contribution in [-0.4, -0.2) is 10.7 Å². The summed E-state index contributed by atoms with van der Waals surface area (Å²) in [6.07, 6.45) is 0. The van der Waals surface area contributed by atoms with Gasteiger partial charge in [-0.05, 0) is 30.3 Å². The number of benzene rings is 2. The summed E-state index contributed by atoms with van der Waals surface area (Å²) < 4.78 is 14.1. The van der Waals surface area contributed by atoms with Crippen molar-refractivity contribution in [2.24, 2.45) is 5.10 Å². The van der Waals surface area contributed by atoms with E-state index in [9.17, 15) is 9.65 Å². The standard InChI is InChI=1S/C15H9FN4S/c16-10-4-3-5-11(8-10)19-20-13(9-17)15-18-12-6-1-2-7-14(12)21-15/h1-8,19H. The lowest BCUT2D eigenvalue weighted by Gasteiger charge is -2.00. The van der Waals surface area contributed by atoms with Crippen LogP contribution in [0.15, 0.2) is 53.6 Å². The number of nitriles is 1. The summed E-state index contributed by atoms with van der Waals surface area (Å²) >= 11 is 1.39. The number of nitrogens with zero attached hydrogens (tertiary/aromatic N) is 3. The minimum absolute atomic E-state index is 0.167. The Balaban J connectivity index is 1.91. The van der Waals surface area contributed by atoms with Crippen LogP contribution < -0.4 is 5.43 Å². The first-order valence-corrected chi connectivity index (χ1v) is 6.93. The molecule has 4 nitrogen and oxygen atoms in total. The quantitative estimate of drug-likeness (QED) is 0.591. The Bertz CT molecular complexity index is 830. The van der Waals surface area contributed by atoms with Crippen LogP contribution in [0.25, 0.3) is 10.2 Å². The monoisotopic (exact) mass is 296 g/mol. The number of fused-ring (bicyclic) bond motifs is 1. The van der Waals surface area contributed by atoms with Gasteiger partial charge in [-0.1, -0.05) is 18.2 Å². The maximum atomic E-state index is 13.1. The third-order valence-electron chi connectivity index (χ3n) is 2.72. The van der Waals surface area contributed by atoms with Crippen molar-refractivity contribution in [2.45, 2.75) is 0 Å². The van der Waals surface area contributed by atoms with Crippen LogP contribution in [0.1, 0.15) is 5.01 Å². The number of aromatic nitrogens is 1. The van der Waals surface area contributed by atoms with Crippen molar-refractivity contribution in [2.75, 3.05) is 5.43 Å². The van der Waals surface area contributed by atoms with Gasteiger partial charge in [-0.2, -0.15) is 10.4 Å². The molecular weight excluding hydrogens is 287 g/mol. The largest absolute Gasteiger partial charge is 0.277 e. The Morgan fingerprint density at radius 1 is 1.24 bits per heavy atom. The van der Waals surface area contributed by atoms with Gasteiger partial charge in [-0.3, -0.25) is 5.43 Å². The average molecular weight is 296 g/mol. The van der Waals surface area contributed by atoms with Crippen molar-refractivity contribution in [1.82, 2.24) is 4.98 Å². The molecule has 0 radical (unpaired) electrons. The highest BCUT2D eigenvalue weighted by atomic mass is 32.1. The van der Waals surface area contributed by atoms with Gasteiger partial charge in [0, 0.05) is 0 Å². The van der Waals surface area contributed by atoms with Crippen LogP contribution in [0.5, 0.6) is 0 Å². The van der Waals surface area contributed by atoms with Gasteiger partial charge in [-0.15, -0.1) is 11.3 Å². The molecular formula is C15H9FN4S. The molecule has 0 aliphatic heterocycles. The lowest BCUT2D eigenvalue weighted by Crippen LogP contribution is -2.01. The highest BCUT2D eigenvalue weighted by molar-refractivity contribution is 7.20. The zero-order valence-corrected chi connectivity index (χ0v) is 11.6. The molecule has 0 unspecified atom stereocenters. The first-order valence-electron chi connectivity index (χ1n) is 6.11. The third kappa shape index (κ3) is 2.88. The number of nitrogens with one attached hydrogen (secondary N) is 1. The number of hydrazone groups is 1. The SMILES string of the molecule is N#CC(=NNc1cccc(F)c1)c1nc2ccccc2s1. The zero-order valence-electron chi connectivity index (χ0n) is 10.7. The van der Waals surface area contributed by atoms with Crippen molar-refractivity contribution in [3.8, 4) is 6.07 Å². The van der Waals surface area contributed by atoms with E-state index in [1.807, 2.05) is 30.3 Å². The number of halogens is 1. The molecule has 0 atom stereocenters. The number of para-hydroxylation sites is 1. The van der Waals surface area contributed by atoms with Gasteiger partial charge in [0.2, 0.25) is 0 Å². The van der Waals surface area contributed by atoms with Gasteiger partial charge < -0.3 is 0 Å². The average Bonchev–Trinajstić information content (AvgIpc) is 2.91. The molecule has 0 bridgehead atoms. The lowest BCUT2D eigenvalue weighted by atomic mass is 10.3. The third-order valence-corrected chi connectivity index (χ3v) is 3.77. The Morgan fingerprint density at radius 2 is 2.10 bits per heavy atom. The van der Waals surface area contributed by atoms with Gasteiger partial charge in [0.25, 0.3) is 0 Å². The van der Waals surface area contributed by atoms with E-state index in [0.717, 1.165) is 10.2 Å². The van der Waals surface area contributed by atoms with Crippen molar-refractivity contribution in [3.05, 3.63) is 59.4 Å². The smallest absolute Gasteiger partial charge is 0.196 e. The molecule has 0 amide bonds. The van der Waals surface area contributed by atoms with Crippen molar-refractivity contribution < 1.29 is 4.39 Å². The number of rotatable bonds is 3. The molecule has 3 aromatic rings. The van der Waals surface area contributed by atoms with E-state index < -0.39 is 0 Å². The molecule has 6 heteroatoms. The van der Waals surface area contributed by atoms with Gasteiger partial charge in [0.1, 0.15) is 11.9 Å². The van der Waals surface area contributed by atoms with Gasteiger partial charge >= 0.3 is 0 Å². The molecule has 0 saturated carbocycles. The van der Waals surface area contributed by atoms with Crippen molar-refractivity contribution >= 4 is 33.0 Å². The molecule has 2 aromatic carbocycles. The van der Waals surface area contributed by atoms with Crippen LogP contribution in [0, 0.1) is 17.1 Å². The van der Waals surface area contributed by atoms with Crippen LogP contribution in [0.4, 0.5) is 10.1 Å². The summed E-state index contributed by atoms with van der Waals surface area (Å²) in [5.41, 5.74) is 4.14. The Hall–Kier alpha value is -2.78. The van der Waals surface area contributed by atoms with Crippen LogP contribution in [0.3, 0.4) is 0 Å². The summed E-state index contributed by atoms with van der Waals surface area (Å²) in [4.78, 5) is 4.36. The van der Waals surface area contributed by atoms with Gasteiger partial charge in [0.15, 0.2) is 10.7 Å². The van der Waals surface area contributed by atoms with Crippen molar-refractivity contribution in [3.63, 3.8) is 0 Å². The second kappa shape index (κ2) is 5.69. The molecule has 0 fully saturated rings. The zero-order chi connectivity index (χ0) is 14.7. The Kier molecular flexibility index (Phi) is 3.58. The molecule has 0 saturated heterocycles. The minimum Gasteiger partial charge on any atom is -0.277 e. The van der Waals surface area contributed by atoms with Gasteiger partial charge in [0.05, 0.1) is 15.9 Å². The maximum Gasteiger partial charge on any atom is 0.196 e. The summed E-state index contributed by atoms with van der Waals surface area (Å²) in [5.74, 6) is -0.367. The molecule has 0 aliphatic rings. The maximum absolute atomic E-state index is 13.1. The fourth-order valence-corrected chi connectivity index (χ4v) is 2.68. The number of hydrogen-bond acceptors (Lipinski definition) is 5. The summed E-state index contributed by atoms with van der Waals surface area (Å²) in [6, 6.07) is 15.5. The molecule has 1 N–H and O–H groups in total.